The van der Waals surface area contributed by atoms with E-state index in [1.165, 1.54) is 38.5 Å². The summed E-state index contributed by atoms with van der Waals surface area (Å²) < 4.78 is 0. The van der Waals surface area contributed by atoms with Crippen molar-refractivity contribution in [2.24, 2.45) is 11.3 Å². The SMILES string of the molecule is C[C@H](NCC(C)(C)C)C1CCCCCC1. The van der Waals surface area contributed by atoms with Crippen molar-refractivity contribution < 1.29 is 0 Å². The standard InChI is InChI=1S/C14H29N/c1-12(15-11-14(2,3)4)13-9-7-5-6-8-10-13/h12-13,15H,5-11H2,1-4H3/t12-/m0/s1. The van der Waals surface area contributed by atoms with Crippen LogP contribution in [-0.4, -0.2) is 12.6 Å². The Morgan fingerprint density at radius 3 is 2.07 bits per heavy atom. The predicted octanol–water partition coefficient (Wildman–Crippen LogP) is 3.98. The van der Waals surface area contributed by atoms with E-state index in [1.54, 1.807) is 0 Å². The fraction of sp³-hybridized carbons (Fsp3) is 1.00. The van der Waals surface area contributed by atoms with Gasteiger partial charge in [0.15, 0.2) is 0 Å². The minimum absolute atomic E-state index is 0.416. The van der Waals surface area contributed by atoms with Gasteiger partial charge in [-0.3, -0.25) is 0 Å². The van der Waals surface area contributed by atoms with Crippen LogP contribution in [0, 0.1) is 11.3 Å². The normalized spacial score (nSPS) is 22.4. The van der Waals surface area contributed by atoms with E-state index < -0.39 is 0 Å². The Kier molecular flexibility index (Phi) is 5.11. The molecule has 15 heavy (non-hydrogen) atoms. The van der Waals surface area contributed by atoms with Gasteiger partial charge in [0.25, 0.3) is 0 Å². The Balaban J connectivity index is 2.28. The lowest BCUT2D eigenvalue weighted by atomic mass is 9.91. The van der Waals surface area contributed by atoms with E-state index in [2.05, 4.69) is 33.0 Å². The number of nitrogens with one attached hydrogen (secondary N) is 1. The van der Waals surface area contributed by atoms with E-state index in [-0.39, 0.29) is 0 Å². The van der Waals surface area contributed by atoms with Gasteiger partial charge in [-0.25, -0.2) is 0 Å². The van der Waals surface area contributed by atoms with Crippen molar-refractivity contribution in [2.75, 3.05) is 6.54 Å². The summed E-state index contributed by atoms with van der Waals surface area (Å²) in [6, 6.07) is 0.710. The molecule has 0 unspecified atom stereocenters. The largest absolute Gasteiger partial charge is 0.313 e. The van der Waals surface area contributed by atoms with Crippen LogP contribution in [0.2, 0.25) is 0 Å². The molecule has 0 aromatic heterocycles. The minimum atomic E-state index is 0.416. The molecule has 0 bridgehead atoms. The zero-order valence-corrected chi connectivity index (χ0v) is 11.1. The molecule has 1 aliphatic carbocycles. The predicted molar refractivity (Wildman–Crippen MR) is 68.1 cm³/mol. The highest BCUT2D eigenvalue weighted by Crippen LogP contribution is 2.25. The molecule has 1 heteroatoms. The first-order chi connectivity index (χ1) is 6.99. The van der Waals surface area contributed by atoms with Gasteiger partial charge in [0, 0.05) is 12.6 Å². The summed E-state index contributed by atoms with van der Waals surface area (Å²) in [4.78, 5) is 0. The van der Waals surface area contributed by atoms with Gasteiger partial charge in [0.05, 0.1) is 0 Å². The fourth-order valence-electron chi connectivity index (χ4n) is 2.44. The van der Waals surface area contributed by atoms with Crippen molar-refractivity contribution in [3.8, 4) is 0 Å². The lowest BCUT2D eigenvalue weighted by molar-refractivity contribution is 0.289. The Bertz CT molecular complexity index is 161. The summed E-state index contributed by atoms with van der Waals surface area (Å²) in [7, 11) is 0. The van der Waals surface area contributed by atoms with Crippen LogP contribution in [0.1, 0.15) is 66.2 Å². The van der Waals surface area contributed by atoms with Gasteiger partial charge in [-0.05, 0) is 31.1 Å². The average molecular weight is 211 g/mol. The van der Waals surface area contributed by atoms with Crippen LogP contribution in [0.5, 0.6) is 0 Å². The van der Waals surface area contributed by atoms with Crippen LogP contribution in [0.4, 0.5) is 0 Å². The molecule has 0 heterocycles. The molecule has 90 valence electrons. The quantitative estimate of drug-likeness (QED) is 0.696. The summed E-state index contributed by atoms with van der Waals surface area (Å²) >= 11 is 0. The van der Waals surface area contributed by atoms with Crippen LogP contribution < -0.4 is 5.32 Å². The molecule has 0 spiro atoms. The lowest BCUT2D eigenvalue weighted by Crippen LogP contribution is -2.38. The molecule has 0 aliphatic heterocycles. The summed E-state index contributed by atoms with van der Waals surface area (Å²) in [5, 5.41) is 3.72. The Morgan fingerprint density at radius 2 is 1.60 bits per heavy atom. The van der Waals surface area contributed by atoms with Crippen molar-refractivity contribution in [3.63, 3.8) is 0 Å². The maximum Gasteiger partial charge on any atom is 0.00672 e. The van der Waals surface area contributed by atoms with Gasteiger partial charge in [-0.1, -0.05) is 46.5 Å². The first-order valence-corrected chi connectivity index (χ1v) is 6.72. The van der Waals surface area contributed by atoms with Crippen molar-refractivity contribution in [2.45, 2.75) is 72.3 Å². The van der Waals surface area contributed by atoms with E-state index in [0.717, 1.165) is 12.5 Å². The molecule has 0 radical (unpaired) electrons. The topological polar surface area (TPSA) is 12.0 Å². The third-order valence-electron chi connectivity index (χ3n) is 3.56. The van der Waals surface area contributed by atoms with Crippen LogP contribution in [-0.2, 0) is 0 Å². The number of hydrogen-bond donors (Lipinski definition) is 1. The molecule has 0 aromatic rings. The Labute approximate surface area is 96.0 Å². The molecule has 1 rings (SSSR count). The molecule has 0 amide bonds. The Morgan fingerprint density at radius 1 is 1.07 bits per heavy atom. The first kappa shape index (κ1) is 13.0. The smallest absolute Gasteiger partial charge is 0.00672 e. The molecule has 1 atom stereocenters. The van der Waals surface area contributed by atoms with Crippen molar-refractivity contribution in [3.05, 3.63) is 0 Å². The molecule has 1 N–H and O–H groups in total. The van der Waals surface area contributed by atoms with Crippen LogP contribution in [0.3, 0.4) is 0 Å². The number of hydrogen-bond acceptors (Lipinski definition) is 1. The van der Waals surface area contributed by atoms with E-state index >= 15 is 0 Å². The molecule has 1 nitrogen and oxygen atoms in total. The van der Waals surface area contributed by atoms with Crippen molar-refractivity contribution >= 4 is 0 Å². The summed E-state index contributed by atoms with van der Waals surface area (Å²) in [5.41, 5.74) is 0.416. The van der Waals surface area contributed by atoms with Gasteiger partial charge < -0.3 is 5.32 Å². The lowest BCUT2D eigenvalue weighted by Gasteiger charge is -2.28. The van der Waals surface area contributed by atoms with Gasteiger partial charge in [0.1, 0.15) is 0 Å². The van der Waals surface area contributed by atoms with E-state index in [4.69, 9.17) is 0 Å². The second-order valence-electron chi connectivity index (χ2n) is 6.48. The highest BCUT2D eigenvalue weighted by molar-refractivity contribution is 4.77. The van der Waals surface area contributed by atoms with Crippen molar-refractivity contribution in [1.82, 2.24) is 5.32 Å². The van der Waals surface area contributed by atoms with Crippen LogP contribution in [0.25, 0.3) is 0 Å². The summed E-state index contributed by atoms with van der Waals surface area (Å²) in [6.07, 6.45) is 8.71. The molecular weight excluding hydrogens is 182 g/mol. The van der Waals surface area contributed by atoms with Crippen LogP contribution in [0.15, 0.2) is 0 Å². The third kappa shape index (κ3) is 5.55. The molecule has 0 saturated heterocycles. The Hall–Kier alpha value is -0.0400. The molecule has 1 saturated carbocycles. The monoisotopic (exact) mass is 211 g/mol. The van der Waals surface area contributed by atoms with E-state index in [0.29, 0.717) is 11.5 Å². The molecule has 1 fully saturated rings. The van der Waals surface area contributed by atoms with Gasteiger partial charge in [-0.2, -0.15) is 0 Å². The maximum absolute atomic E-state index is 3.72. The van der Waals surface area contributed by atoms with Gasteiger partial charge in [0.2, 0.25) is 0 Å². The average Bonchev–Trinajstić information content (AvgIpc) is 2.41. The molecular formula is C14H29N. The van der Waals surface area contributed by atoms with Gasteiger partial charge >= 0.3 is 0 Å². The zero-order valence-electron chi connectivity index (χ0n) is 11.1. The first-order valence-electron chi connectivity index (χ1n) is 6.72. The summed E-state index contributed by atoms with van der Waals surface area (Å²) in [6.45, 7) is 10.4. The molecule has 1 aliphatic rings. The fourth-order valence-corrected chi connectivity index (χ4v) is 2.44. The van der Waals surface area contributed by atoms with E-state index in [9.17, 15) is 0 Å². The molecule has 0 aromatic carbocycles. The number of rotatable bonds is 3. The minimum Gasteiger partial charge on any atom is -0.313 e. The second-order valence-corrected chi connectivity index (χ2v) is 6.48. The van der Waals surface area contributed by atoms with Gasteiger partial charge in [-0.15, -0.1) is 0 Å². The van der Waals surface area contributed by atoms with Crippen molar-refractivity contribution in [1.29, 1.82) is 0 Å². The van der Waals surface area contributed by atoms with Crippen LogP contribution >= 0.6 is 0 Å². The van der Waals surface area contributed by atoms with E-state index in [1.807, 2.05) is 0 Å². The highest BCUT2D eigenvalue weighted by Gasteiger charge is 2.20. The zero-order chi connectivity index (χ0) is 11.3. The highest BCUT2D eigenvalue weighted by atomic mass is 14.9. The maximum atomic E-state index is 3.72. The second kappa shape index (κ2) is 5.89. The summed E-state index contributed by atoms with van der Waals surface area (Å²) in [5.74, 6) is 0.926. The third-order valence-corrected chi connectivity index (χ3v) is 3.56.